The topological polar surface area (TPSA) is 121 Å². The van der Waals surface area contributed by atoms with Gasteiger partial charge in [0.05, 0.1) is 17.3 Å². The first kappa shape index (κ1) is 28.0. The van der Waals surface area contributed by atoms with Gasteiger partial charge in [0.25, 0.3) is 0 Å². The summed E-state index contributed by atoms with van der Waals surface area (Å²) in [6.45, 7) is 0.865. The number of fused-ring (bicyclic) bond motifs is 6. The number of aromatic nitrogens is 7. The maximum absolute atomic E-state index is 14.7. The Morgan fingerprint density at radius 3 is 2.78 bits per heavy atom. The van der Waals surface area contributed by atoms with E-state index < -0.39 is 23.5 Å². The molecule has 4 aromatic heterocycles. The van der Waals surface area contributed by atoms with E-state index in [1.54, 1.807) is 18.0 Å². The Morgan fingerprint density at radius 2 is 1.91 bits per heavy atom. The first-order valence-corrected chi connectivity index (χ1v) is 14.9. The number of hydrogen-bond acceptors (Lipinski definition) is 8. The second-order valence-corrected chi connectivity index (χ2v) is 11.6. The van der Waals surface area contributed by atoms with Gasteiger partial charge in [-0.15, -0.1) is 0 Å². The van der Waals surface area contributed by atoms with Crippen molar-refractivity contribution in [3.8, 4) is 16.9 Å². The molecule has 1 saturated heterocycles. The average Bonchev–Trinajstić information content (AvgIpc) is 3.78. The zero-order valence-corrected chi connectivity index (χ0v) is 24.6. The van der Waals surface area contributed by atoms with Gasteiger partial charge in [-0.3, -0.25) is 9.89 Å². The fraction of sp³-hybridized carbons (Fsp3) is 0.250. The molecule has 11 nitrogen and oxygen atoms in total. The molecule has 0 spiro atoms. The number of carbonyl (C=O) groups is 1. The Kier molecular flexibility index (Phi) is 6.58. The molecule has 4 bridgehead atoms. The van der Waals surface area contributed by atoms with Crippen LogP contribution >= 0.6 is 0 Å². The molecule has 2 aliphatic rings. The van der Waals surface area contributed by atoms with E-state index in [9.17, 15) is 18.0 Å². The summed E-state index contributed by atoms with van der Waals surface area (Å²) < 4.78 is 44.4. The first-order chi connectivity index (χ1) is 22.4. The molecule has 8 rings (SSSR count). The molecule has 232 valence electrons. The molecule has 1 amide bonds. The summed E-state index contributed by atoms with van der Waals surface area (Å²) in [4.78, 5) is 31.5. The standard InChI is InChI=1S/C32H27F3N10O/c1-43-11-3-5-24-28-19(8-9-21(34)29(28)42-41-24)23-4-2-6-27(40-23)39-18-13-26(32(43)46)44(15-18)30-20-14-38-45(31(20)37-16-36-30)25-10-7-17(33)12-22(25)35/h2,4,6-10,12,14,16,18,26H,3,5,11,13,15H2,1H3,(H,39,40)(H,41,42)/t18?,26-/m0/s1. The molecular weight excluding hydrogens is 597 g/mol. The molecule has 6 heterocycles. The Bertz CT molecular complexity index is 2150. The van der Waals surface area contributed by atoms with Crippen LogP contribution in [0.2, 0.25) is 0 Å². The highest BCUT2D eigenvalue weighted by atomic mass is 19.1. The molecule has 46 heavy (non-hydrogen) atoms. The van der Waals surface area contributed by atoms with E-state index in [-0.39, 0.29) is 23.2 Å². The number of aryl methyl sites for hydroxylation is 1. The van der Waals surface area contributed by atoms with Crippen LogP contribution in [-0.4, -0.2) is 78.0 Å². The van der Waals surface area contributed by atoms with Crippen molar-refractivity contribution in [3.63, 3.8) is 0 Å². The summed E-state index contributed by atoms with van der Waals surface area (Å²) in [7, 11) is 1.77. The lowest BCUT2D eigenvalue weighted by molar-refractivity contribution is -0.131. The van der Waals surface area contributed by atoms with E-state index in [1.807, 2.05) is 23.1 Å². The monoisotopic (exact) mass is 624 g/mol. The highest BCUT2D eigenvalue weighted by Gasteiger charge is 2.40. The van der Waals surface area contributed by atoms with Gasteiger partial charge < -0.3 is 15.1 Å². The zero-order valence-electron chi connectivity index (χ0n) is 24.6. The van der Waals surface area contributed by atoms with E-state index in [4.69, 9.17) is 4.98 Å². The number of amides is 1. The summed E-state index contributed by atoms with van der Waals surface area (Å²) in [5.74, 6) is -0.897. The predicted octanol–water partition coefficient (Wildman–Crippen LogP) is 4.64. The third kappa shape index (κ3) is 4.59. The van der Waals surface area contributed by atoms with Gasteiger partial charge in [0.15, 0.2) is 17.3 Å². The van der Waals surface area contributed by atoms with E-state index in [0.29, 0.717) is 66.1 Å². The van der Waals surface area contributed by atoms with E-state index >= 15 is 0 Å². The van der Waals surface area contributed by atoms with Gasteiger partial charge >= 0.3 is 0 Å². The van der Waals surface area contributed by atoms with Crippen molar-refractivity contribution in [2.45, 2.75) is 31.3 Å². The Morgan fingerprint density at radius 1 is 1.02 bits per heavy atom. The molecule has 0 radical (unpaired) electrons. The largest absolute Gasteiger partial charge is 0.365 e. The average molecular weight is 625 g/mol. The third-order valence-electron chi connectivity index (χ3n) is 8.75. The lowest BCUT2D eigenvalue weighted by Crippen LogP contribution is -2.45. The first-order valence-electron chi connectivity index (χ1n) is 14.9. The quantitative estimate of drug-likeness (QED) is 0.286. The smallest absolute Gasteiger partial charge is 0.245 e. The number of benzene rings is 2. The third-order valence-corrected chi connectivity index (χ3v) is 8.75. The van der Waals surface area contributed by atoms with Crippen LogP contribution in [-0.2, 0) is 11.2 Å². The maximum atomic E-state index is 14.7. The minimum Gasteiger partial charge on any atom is -0.365 e. The van der Waals surface area contributed by atoms with Gasteiger partial charge in [-0.1, -0.05) is 6.07 Å². The number of nitrogens with zero attached hydrogens (tertiary/aromatic N) is 8. The van der Waals surface area contributed by atoms with Crippen molar-refractivity contribution in [2.75, 3.05) is 30.4 Å². The number of aromatic amines is 1. The maximum Gasteiger partial charge on any atom is 0.245 e. The Labute approximate surface area is 260 Å². The molecule has 2 aliphatic heterocycles. The van der Waals surface area contributed by atoms with Crippen LogP contribution in [0, 0.1) is 17.5 Å². The lowest BCUT2D eigenvalue weighted by Gasteiger charge is -2.28. The van der Waals surface area contributed by atoms with Crippen molar-refractivity contribution >= 4 is 39.5 Å². The van der Waals surface area contributed by atoms with Gasteiger partial charge in [-0.25, -0.2) is 32.8 Å². The number of anilines is 2. The normalized spacial score (nSPS) is 18.6. The molecule has 1 fully saturated rings. The fourth-order valence-electron chi connectivity index (χ4n) is 6.58. The number of carbonyl (C=O) groups excluding carboxylic acids is 1. The minimum absolute atomic E-state index is 0.0422. The minimum atomic E-state index is -0.781. The molecule has 0 aliphatic carbocycles. The zero-order chi connectivity index (χ0) is 31.5. The van der Waals surface area contributed by atoms with Crippen molar-refractivity contribution in [3.05, 3.63) is 84.2 Å². The molecule has 2 aromatic carbocycles. The van der Waals surface area contributed by atoms with Gasteiger partial charge in [-0.05, 0) is 55.7 Å². The Balaban J connectivity index is 1.19. The predicted molar refractivity (Wildman–Crippen MR) is 165 cm³/mol. The molecule has 0 saturated carbocycles. The van der Waals surface area contributed by atoms with Crippen LogP contribution in [0.25, 0.3) is 38.9 Å². The summed E-state index contributed by atoms with van der Waals surface area (Å²) in [6, 6.07) is 11.2. The number of rotatable bonds is 2. The molecule has 2 atom stereocenters. The summed E-state index contributed by atoms with van der Waals surface area (Å²) in [5.41, 5.74) is 2.85. The number of likely N-dealkylation sites (N-methyl/N-ethyl adjacent to an activating group) is 1. The number of H-pyrrole nitrogens is 1. The van der Waals surface area contributed by atoms with Crippen LogP contribution in [0.3, 0.4) is 0 Å². The number of hydrogen-bond donors (Lipinski definition) is 2. The van der Waals surface area contributed by atoms with Crippen LogP contribution < -0.4 is 10.2 Å². The van der Waals surface area contributed by atoms with Crippen LogP contribution in [0.15, 0.2) is 61.1 Å². The van der Waals surface area contributed by atoms with E-state index in [2.05, 4.69) is 30.6 Å². The van der Waals surface area contributed by atoms with Gasteiger partial charge in [0.2, 0.25) is 5.91 Å². The highest BCUT2D eigenvalue weighted by Crippen LogP contribution is 2.35. The Hall–Kier alpha value is -5.53. The second kappa shape index (κ2) is 10.8. The molecule has 14 heteroatoms. The summed E-state index contributed by atoms with van der Waals surface area (Å²) in [6.07, 6.45) is 4.51. The van der Waals surface area contributed by atoms with Crippen molar-refractivity contribution in [1.82, 2.24) is 39.8 Å². The van der Waals surface area contributed by atoms with Crippen molar-refractivity contribution in [2.24, 2.45) is 0 Å². The fourth-order valence-corrected chi connectivity index (χ4v) is 6.58. The van der Waals surface area contributed by atoms with E-state index in [1.165, 1.54) is 29.3 Å². The van der Waals surface area contributed by atoms with Crippen LogP contribution in [0.1, 0.15) is 18.5 Å². The van der Waals surface area contributed by atoms with Crippen LogP contribution in [0.5, 0.6) is 0 Å². The SMILES string of the molecule is CN1CCCc2[nH]nc3c(F)ccc(c23)-c2cccc(n2)NC2C[C@@H](C1=O)N(c1ncnc3c1cnn3-c1ccc(F)cc1F)C2. The van der Waals surface area contributed by atoms with Crippen LogP contribution in [0.4, 0.5) is 24.8 Å². The highest BCUT2D eigenvalue weighted by molar-refractivity contribution is 5.96. The summed E-state index contributed by atoms with van der Waals surface area (Å²) in [5, 5.41) is 16.3. The number of pyridine rings is 1. The molecule has 1 unspecified atom stereocenters. The van der Waals surface area contributed by atoms with Gasteiger partial charge in [0, 0.05) is 48.9 Å². The molecule has 2 N–H and O–H groups in total. The second-order valence-electron chi connectivity index (χ2n) is 11.6. The van der Waals surface area contributed by atoms with Crippen molar-refractivity contribution in [1.29, 1.82) is 0 Å². The van der Waals surface area contributed by atoms with Gasteiger partial charge in [-0.2, -0.15) is 10.2 Å². The van der Waals surface area contributed by atoms with Gasteiger partial charge in [0.1, 0.15) is 41.0 Å². The lowest BCUT2D eigenvalue weighted by atomic mass is 10.0. The molecule has 6 aromatic rings. The number of halogens is 3. The number of nitrogens with one attached hydrogen (secondary N) is 2. The summed E-state index contributed by atoms with van der Waals surface area (Å²) >= 11 is 0. The molecular formula is C32H27F3N10O. The van der Waals surface area contributed by atoms with Crippen molar-refractivity contribution < 1.29 is 18.0 Å². The van der Waals surface area contributed by atoms with E-state index in [0.717, 1.165) is 23.4 Å².